The minimum Gasteiger partial charge on any atom is -0.493 e. The van der Waals surface area contributed by atoms with Crippen LogP contribution in [0.4, 0.5) is 0 Å². The van der Waals surface area contributed by atoms with Crippen molar-refractivity contribution in [2.75, 3.05) is 14.2 Å². The zero-order chi connectivity index (χ0) is 13.0. The smallest absolute Gasteiger partial charge is 0.161 e. The van der Waals surface area contributed by atoms with Gasteiger partial charge in [0.15, 0.2) is 11.5 Å². The second-order valence-electron chi connectivity index (χ2n) is 3.62. The van der Waals surface area contributed by atoms with E-state index < -0.39 is 0 Å². The predicted molar refractivity (Wildman–Crippen MR) is 73.3 cm³/mol. The summed E-state index contributed by atoms with van der Waals surface area (Å²) in [5.41, 5.74) is 1.92. The van der Waals surface area contributed by atoms with Crippen molar-refractivity contribution in [1.82, 2.24) is 9.97 Å². The van der Waals surface area contributed by atoms with Gasteiger partial charge in [-0.25, -0.2) is 9.97 Å². The van der Waals surface area contributed by atoms with Crippen molar-refractivity contribution in [2.45, 2.75) is 5.75 Å². The molecule has 0 aliphatic rings. The van der Waals surface area contributed by atoms with E-state index in [1.165, 1.54) is 0 Å². The molecule has 0 amide bonds. The van der Waals surface area contributed by atoms with Crippen LogP contribution >= 0.6 is 12.6 Å². The third-order valence-corrected chi connectivity index (χ3v) is 2.85. The molecule has 0 saturated carbocycles. The summed E-state index contributed by atoms with van der Waals surface area (Å²) in [5.74, 6) is 2.64. The van der Waals surface area contributed by atoms with Crippen molar-refractivity contribution in [1.29, 1.82) is 0 Å². The Morgan fingerprint density at radius 2 is 1.67 bits per heavy atom. The summed E-state index contributed by atoms with van der Waals surface area (Å²) in [6.45, 7) is 0. The van der Waals surface area contributed by atoms with Gasteiger partial charge in [0.2, 0.25) is 0 Å². The van der Waals surface area contributed by atoms with Gasteiger partial charge >= 0.3 is 0 Å². The number of hydrogen-bond acceptors (Lipinski definition) is 5. The van der Waals surface area contributed by atoms with Crippen LogP contribution in [-0.2, 0) is 5.75 Å². The molecule has 5 heteroatoms. The average molecular weight is 262 g/mol. The van der Waals surface area contributed by atoms with Crippen LogP contribution in [0.15, 0.2) is 30.6 Å². The number of nitrogens with zero attached hydrogens (tertiary/aromatic N) is 2. The van der Waals surface area contributed by atoms with Gasteiger partial charge in [0.25, 0.3) is 0 Å². The minimum atomic E-state index is 0.534. The number of ether oxygens (including phenoxy) is 2. The zero-order valence-electron chi connectivity index (χ0n) is 10.3. The van der Waals surface area contributed by atoms with Crippen LogP contribution in [0.3, 0.4) is 0 Å². The van der Waals surface area contributed by atoms with E-state index in [1.807, 2.05) is 18.2 Å². The van der Waals surface area contributed by atoms with Crippen molar-refractivity contribution >= 4 is 12.6 Å². The molecule has 1 heterocycles. The van der Waals surface area contributed by atoms with Gasteiger partial charge in [-0.15, -0.1) is 0 Å². The maximum Gasteiger partial charge on any atom is 0.161 e. The first-order valence-electron chi connectivity index (χ1n) is 5.42. The number of rotatable bonds is 4. The van der Waals surface area contributed by atoms with E-state index in [9.17, 15) is 0 Å². The van der Waals surface area contributed by atoms with Crippen LogP contribution in [0.1, 0.15) is 5.82 Å². The molecule has 1 aromatic carbocycles. The Balaban J connectivity index is 2.37. The molecule has 94 valence electrons. The second kappa shape index (κ2) is 5.73. The first kappa shape index (κ1) is 12.7. The molecule has 4 nitrogen and oxygen atoms in total. The maximum atomic E-state index is 5.27. The Labute approximate surface area is 111 Å². The Kier molecular flexibility index (Phi) is 4.04. The summed E-state index contributed by atoms with van der Waals surface area (Å²) in [6, 6.07) is 5.71. The fourth-order valence-corrected chi connectivity index (χ4v) is 1.76. The summed E-state index contributed by atoms with van der Waals surface area (Å²) in [4.78, 5) is 8.42. The van der Waals surface area contributed by atoms with Crippen molar-refractivity contribution in [3.8, 4) is 22.6 Å². The van der Waals surface area contributed by atoms with Gasteiger partial charge in [-0.2, -0.15) is 12.6 Å². The van der Waals surface area contributed by atoms with Crippen LogP contribution < -0.4 is 9.47 Å². The highest BCUT2D eigenvalue weighted by molar-refractivity contribution is 7.79. The van der Waals surface area contributed by atoms with E-state index in [4.69, 9.17) is 9.47 Å². The molecule has 0 N–H and O–H groups in total. The molecule has 1 aromatic heterocycles. The van der Waals surface area contributed by atoms with Gasteiger partial charge < -0.3 is 9.47 Å². The fourth-order valence-electron chi connectivity index (χ4n) is 1.60. The van der Waals surface area contributed by atoms with Gasteiger partial charge in [0.05, 0.1) is 20.0 Å². The van der Waals surface area contributed by atoms with Gasteiger partial charge in [-0.3, -0.25) is 0 Å². The monoisotopic (exact) mass is 262 g/mol. The lowest BCUT2D eigenvalue weighted by atomic mass is 10.1. The Hall–Kier alpha value is -1.75. The molecule has 0 radical (unpaired) electrons. The van der Waals surface area contributed by atoms with Crippen molar-refractivity contribution < 1.29 is 9.47 Å². The molecule has 0 spiro atoms. The van der Waals surface area contributed by atoms with Crippen LogP contribution in [0.25, 0.3) is 11.1 Å². The first-order chi connectivity index (χ1) is 8.78. The molecule has 0 atom stereocenters. The van der Waals surface area contributed by atoms with E-state index >= 15 is 0 Å². The van der Waals surface area contributed by atoms with Gasteiger partial charge in [0.1, 0.15) is 5.82 Å². The number of aromatic nitrogens is 2. The first-order valence-corrected chi connectivity index (χ1v) is 6.06. The van der Waals surface area contributed by atoms with Gasteiger partial charge in [-0.05, 0) is 17.7 Å². The lowest BCUT2D eigenvalue weighted by Gasteiger charge is -2.09. The Bertz CT molecular complexity index is 529. The third-order valence-electron chi connectivity index (χ3n) is 2.56. The highest BCUT2D eigenvalue weighted by Gasteiger charge is 2.06. The van der Waals surface area contributed by atoms with E-state index in [-0.39, 0.29) is 0 Å². The standard InChI is InChI=1S/C13H14N2O2S/c1-16-11-4-3-9(5-12(11)17-2)10-6-14-13(8-18)15-7-10/h3-7,18H,8H2,1-2H3. The van der Waals surface area contributed by atoms with Crippen molar-refractivity contribution in [3.63, 3.8) is 0 Å². The molecular weight excluding hydrogens is 248 g/mol. The van der Waals surface area contributed by atoms with Crippen molar-refractivity contribution in [3.05, 3.63) is 36.4 Å². The molecule has 0 saturated heterocycles. The summed E-state index contributed by atoms with van der Waals surface area (Å²) in [5, 5.41) is 0. The number of methoxy groups -OCH3 is 2. The SMILES string of the molecule is COc1ccc(-c2cnc(CS)nc2)cc1OC. The minimum absolute atomic E-state index is 0.534. The number of thiol groups is 1. The highest BCUT2D eigenvalue weighted by atomic mass is 32.1. The van der Waals surface area contributed by atoms with E-state index in [2.05, 4.69) is 22.6 Å². The largest absolute Gasteiger partial charge is 0.493 e. The maximum absolute atomic E-state index is 5.27. The molecule has 0 aliphatic carbocycles. The second-order valence-corrected chi connectivity index (χ2v) is 3.93. The fraction of sp³-hybridized carbons (Fsp3) is 0.231. The quantitative estimate of drug-likeness (QED) is 0.860. The van der Waals surface area contributed by atoms with Crippen molar-refractivity contribution in [2.24, 2.45) is 0 Å². The van der Waals surface area contributed by atoms with Gasteiger partial charge in [0, 0.05) is 18.0 Å². The lowest BCUT2D eigenvalue weighted by molar-refractivity contribution is 0.355. The molecular formula is C13H14N2O2S. The molecule has 0 unspecified atom stereocenters. The third kappa shape index (κ3) is 2.56. The van der Waals surface area contributed by atoms with E-state index in [0.29, 0.717) is 23.1 Å². The van der Waals surface area contributed by atoms with E-state index in [1.54, 1.807) is 26.6 Å². The summed E-state index contributed by atoms with van der Waals surface area (Å²) in [7, 11) is 3.23. The normalized spacial score (nSPS) is 10.2. The van der Waals surface area contributed by atoms with E-state index in [0.717, 1.165) is 11.1 Å². The Morgan fingerprint density at radius 3 is 2.22 bits per heavy atom. The molecule has 2 rings (SSSR count). The van der Waals surface area contributed by atoms with Crippen LogP contribution in [0.5, 0.6) is 11.5 Å². The summed E-state index contributed by atoms with van der Waals surface area (Å²) < 4.78 is 10.5. The molecule has 18 heavy (non-hydrogen) atoms. The molecule has 0 fully saturated rings. The summed E-state index contributed by atoms with van der Waals surface area (Å²) in [6.07, 6.45) is 3.56. The molecule has 2 aromatic rings. The van der Waals surface area contributed by atoms with Crippen LogP contribution in [0, 0.1) is 0 Å². The number of benzene rings is 1. The molecule has 0 aliphatic heterocycles. The van der Waals surface area contributed by atoms with Gasteiger partial charge in [-0.1, -0.05) is 6.07 Å². The topological polar surface area (TPSA) is 44.2 Å². The Morgan fingerprint density at radius 1 is 1.00 bits per heavy atom. The highest BCUT2D eigenvalue weighted by Crippen LogP contribution is 2.31. The number of hydrogen-bond donors (Lipinski definition) is 1. The lowest BCUT2D eigenvalue weighted by Crippen LogP contribution is -1.93. The zero-order valence-corrected chi connectivity index (χ0v) is 11.1. The molecule has 0 bridgehead atoms. The van der Waals surface area contributed by atoms with Crippen LogP contribution in [0.2, 0.25) is 0 Å². The van der Waals surface area contributed by atoms with Crippen LogP contribution in [-0.4, -0.2) is 24.2 Å². The summed E-state index contributed by atoms with van der Waals surface area (Å²) >= 11 is 4.13. The predicted octanol–water partition coefficient (Wildman–Crippen LogP) is 2.59. The average Bonchev–Trinajstić information content (AvgIpc) is 2.46.